The highest BCUT2D eigenvalue weighted by atomic mass is 16.5. The first-order chi connectivity index (χ1) is 13.7. The summed E-state index contributed by atoms with van der Waals surface area (Å²) in [6, 6.07) is 14.1. The Morgan fingerprint density at radius 3 is 2.32 bits per heavy atom. The topological polar surface area (TPSA) is 93.2 Å². The van der Waals surface area contributed by atoms with Gasteiger partial charge in [0.2, 0.25) is 0 Å². The van der Waals surface area contributed by atoms with Crippen molar-refractivity contribution in [3.05, 3.63) is 90.0 Å². The second-order valence-corrected chi connectivity index (χ2v) is 5.89. The number of nitrogens with zero attached hydrogens (tertiary/aromatic N) is 2. The van der Waals surface area contributed by atoms with Crippen LogP contribution >= 0.6 is 0 Å². The van der Waals surface area contributed by atoms with Crippen LogP contribution in [0.4, 0.5) is 0 Å². The van der Waals surface area contributed by atoms with Gasteiger partial charge < -0.3 is 15.4 Å². The number of rotatable bonds is 8. The Balaban J connectivity index is 1.49. The van der Waals surface area contributed by atoms with E-state index in [-0.39, 0.29) is 11.8 Å². The highest BCUT2D eigenvalue weighted by molar-refractivity contribution is 5.97. The Kier molecular flexibility index (Phi) is 6.67. The van der Waals surface area contributed by atoms with Gasteiger partial charge in [-0.1, -0.05) is 12.1 Å². The van der Waals surface area contributed by atoms with Gasteiger partial charge in [-0.25, -0.2) is 0 Å². The minimum Gasteiger partial charge on any atom is -0.488 e. The molecule has 2 N–H and O–H groups in total. The number of aromatic nitrogens is 2. The van der Waals surface area contributed by atoms with E-state index in [9.17, 15) is 9.59 Å². The van der Waals surface area contributed by atoms with Crippen LogP contribution in [-0.4, -0.2) is 34.9 Å². The molecule has 0 fully saturated rings. The van der Waals surface area contributed by atoms with Crippen molar-refractivity contribution in [2.24, 2.45) is 0 Å². The molecule has 3 rings (SSSR count). The number of hydrogen-bond acceptors (Lipinski definition) is 5. The maximum atomic E-state index is 12.5. The third kappa shape index (κ3) is 5.38. The molecule has 7 nitrogen and oxygen atoms in total. The molecule has 0 bridgehead atoms. The molecule has 0 aliphatic rings. The molecule has 0 saturated heterocycles. The summed E-state index contributed by atoms with van der Waals surface area (Å²) in [7, 11) is 0. The maximum Gasteiger partial charge on any atom is 0.255 e. The Bertz CT molecular complexity index is 917. The van der Waals surface area contributed by atoms with Crippen LogP contribution in [0.15, 0.2) is 73.3 Å². The zero-order valence-corrected chi connectivity index (χ0v) is 15.2. The number of amides is 2. The molecule has 28 heavy (non-hydrogen) atoms. The van der Waals surface area contributed by atoms with E-state index >= 15 is 0 Å². The first-order valence-corrected chi connectivity index (χ1v) is 8.81. The SMILES string of the molecule is O=C(NCCNC(=O)c1ccccc1OCc1ccncc1)c1cccnc1. The molecule has 0 aliphatic heterocycles. The number of ether oxygens (including phenoxy) is 1. The van der Waals surface area contributed by atoms with Gasteiger partial charge in [-0.05, 0) is 42.0 Å². The van der Waals surface area contributed by atoms with Gasteiger partial charge in [-0.3, -0.25) is 19.6 Å². The van der Waals surface area contributed by atoms with E-state index in [1.54, 1.807) is 48.9 Å². The molecule has 0 spiro atoms. The fraction of sp³-hybridized carbons (Fsp3) is 0.143. The number of hydrogen-bond donors (Lipinski definition) is 2. The van der Waals surface area contributed by atoms with Crippen molar-refractivity contribution >= 4 is 11.8 Å². The van der Waals surface area contributed by atoms with Crippen molar-refractivity contribution in [2.45, 2.75) is 6.61 Å². The number of pyridine rings is 2. The normalized spacial score (nSPS) is 10.1. The summed E-state index contributed by atoms with van der Waals surface area (Å²) in [5.74, 6) is 0.000552. The number of benzene rings is 1. The van der Waals surface area contributed by atoms with Crippen molar-refractivity contribution in [1.29, 1.82) is 0 Å². The molecule has 0 saturated carbocycles. The molecule has 0 unspecified atom stereocenters. The zero-order chi connectivity index (χ0) is 19.6. The summed E-state index contributed by atoms with van der Waals surface area (Å²) in [5.41, 5.74) is 1.88. The van der Waals surface area contributed by atoms with Gasteiger partial charge in [-0.2, -0.15) is 0 Å². The van der Waals surface area contributed by atoms with E-state index in [1.165, 1.54) is 6.20 Å². The van der Waals surface area contributed by atoms with Crippen LogP contribution < -0.4 is 15.4 Å². The standard InChI is InChI=1S/C21H20N4O3/c26-20(17-4-3-9-23-14-17)24-12-13-25-21(27)18-5-1-2-6-19(18)28-15-16-7-10-22-11-8-16/h1-11,14H,12-13,15H2,(H,24,26)(H,25,27). The second-order valence-electron chi connectivity index (χ2n) is 5.89. The molecule has 2 amide bonds. The van der Waals surface area contributed by atoms with Gasteiger partial charge in [0, 0.05) is 37.9 Å². The average molecular weight is 376 g/mol. The van der Waals surface area contributed by atoms with E-state index < -0.39 is 0 Å². The minimum absolute atomic E-state index is 0.233. The lowest BCUT2D eigenvalue weighted by Crippen LogP contribution is -2.34. The monoisotopic (exact) mass is 376 g/mol. The molecular weight excluding hydrogens is 356 g/mol. The predicted molar refractivity (Wildman–Crippen MR) is 104 cm³/mol. The van der Waals surface area contributed by atoms with Crippen molar-refractivity contribution < 1.29 is 14.3 Å². The van der Waals surface area contributed by atoms with Crippen LogP contribution in [0.2, 0.25) is 0 Å². The van der Waals surface area contributed by atoms with Crippen molar-refractivity contribution in [3.8, 4) is 5.75 Å². The smallest absolute Gasteiger partial charge is 0.255 e. The fourth-order valence-electron chi connectivity index (χ4n) is 2.47. The van der Waals surface area contributed by atoms with Crippen LogP contribution in [0.3, 0.4) is 0 Å². The molecule has 0 radical (unpaired) electrons. The van der Waals surface area contributed by atoms with Crippen LogP contribution in [0.25, 0.3) is 0 Å². The lowest BCUT2D eigenvalue weighted by atomic mass is 10.2. The summed E-state index contributed by atoms with van der Waals surface area (Å²) in [6.45, 7) is 0.941. The molecular formula is C21H20N4O3. The Morgan fingerprint density at radius 1 is 0.821 bits per heavy atom. The molecule has 1 aromatic carbocycles. The van der Waals surface area contributed by atoms with E-state index in [1.807, 2.05) is 18.2 Å². The van der Waals surface area contributed by atoms with E-state index in [0.29, 0.717) is 36.6 Å². The van der Waals surface area contributed by atoms with E-state index in [4.69, 9.17) is 4.74 Å². The van der Waals surface area contributed by atoms with Gasteiger partial charge in [0.15, 0.2) is 0 Å². The number of carbonyl (C=O) groups excluding carboxylic acids is 2. The third-order valence-corrected chi connectivity index (χ3v) is 3.90. The highest BCUT2D eigenvalue weighted by Crippen LogP contribution is 2.19. The largest absolute Gasteiger partial charge is 0.488 e. The van der Waals surface area contributed by atoms with Gasteiger partial charge in [0.1, 0.15) is 12.4 Å². The lowest BCUT2D eigenvalue weighted by molar-refractivity contribution is 0.0925. The van der Waals surface area contributed by atoms with E-state index in [2.05, 4.69) is 20.6 Å². The predicted octanol–water partition coefficient (Wildman–Crippen LogP) is 2.22. The maximum absolute atomic E-state index is 12.5. The lowest BCUT2D eigenvalue weighted by Gasteiger charge is -2.12. The Hall–Kier alpha value is -3.74. The molecule has 3 aromatic rings. The van der Waals surface area contributed by atoms with E-state index in [0.717, 1.165) is 5.56 Å². The Labute approximate surface area is 162 Å². The van der Waals surface area contributed by atoms with Crippen LogP contribution in [0.1, 0.15) is 26.3 Å². The minimum atomic E-state index is -0.263. The Morgan fingerprint density at radius 2 is 1.57 bits per heavy atom. The summed E-state index contributed by atoms with van der Waals surface area (Å²) in [4.78, 5) is 32.3. The highest BCUT2D eigenvalue weighted by Gasteiger charge is 2.12. The van der Waals surface area contributed by atoms with Gasteiger partial charge in [-0.15, -0.1) is 0 Å². The summed E-state index contributed by atoms with van der Waals surface area (Å²) in [6.07, 6.45) is 6.48. The average Bonchev–Trinajstić information content (AvgIpc) is 2.76. The molecule has 2 aromatic heterocycles. The first kappa shape index (κ1) is 19.0. The molecule has 2 heterocycles. The molecule has 142 valence electrons. The molecule has 0 aliphatic carbocycles. The van der Waals surface area contributed by atoms with Gasteiger partial charge >= 0.3 is 0 Å². The quantitative estimate of drug-likeness (QED) is 0.588. The summed E-state index contributed by atoms with van der Waals surface area (Å²) >= 11 is 0. The first-order valence-electron chi connectivity index (χ1n) is 8.81. The summed E-state index contributed by atoms with van der Waals surface area (Å²) < 4.78 is 5.78. The van der Waals surface area contributed by atoms with Gasteiger partial charge in [0.05, 0.1) is 11.1 Å². The molecule has 7 heteroatoms. The van der Waals surface area contributed by atoms with Crippen molar-refractivity contribution in [1.82, 2.24) is 20.6 Å². The summed E-state index contributed by atoms with van der Waals surface area (Å²) in [5, 5.41) is 5.52. The number of carbonyl (C=O) groups is 2. The number of para-hydroxylation sites is 1. The third-order valence-electron chi connectivity index (χ3n) is 3.90. The van der Waals surface area contributed by atoms with Crippen molar-refractivity contribution in [2.75, 3.05) is 13.1 Å². The molecule has 0 atom stereocenters. The fourth-order valence-corrected chi connectivity index (χ4v) is 2.47. The van der Waals surface area contributed by atoms with Gasteiger partial charge in [0.25, 0.3) is 11.8 Å². The van der Waals surface area contributed by atoms with Crippen molar-refractivity contribution in [3.63, 3.8) is 0 Å². The van der Waals surface area contributed by atoms with Crippen LogP contribution in [-0.2, 0) is 6.61 Å². The van der Waals surface area contributed by atoms with Crippen LogP contribution in [0, 0.1) is 0 Å². The number of nitrogens with one attached hydrogen (secondary N) is 2. The zero-order valence-electron chi connectivity index (χ0n) is 15.2. The second kappa shape index (κ2) is 9.82. The van der Waals surface area contributed by atoms with Crippen LogP contribution in [0.5, 0.6) is 5.75 Å².